The van der Waals surface area contributed by atoms with Crippen LogP contribution in [-0.4, -0.2) is 50.5 Å². The molecule has 5 heteroatoms. The summed E-state index contributed by atoms with van der Waals surface area (Å²) in [5.74, 6) is 1.07. The molecule has 1 aliphatic rings. The zero-order valence-corrected chi connectivity index (χ0v) is 10.6. The number of likely N-dealkylation sites (N-methyl/N-ethyl adjacent to an activating group) is 1. The van der Waals surface area contributed by atoms with Crippen LogP contribution in [0.5, 0.6) is 0 Å². The maximum Gasteiger partial charge on any atom is 0.151 e. The van der Waals surface area contributed by atoms with E-state index in [-0.39, 0.29) is 12.1 Å². The monoisotopic (exact) mass is 234 g/mol. The molecule has 90 valence electrons. The molecule has 0 saturated carbocycles. The lowest BCUT2D eigenvalue weighted by atomic mass is 10.0. The number of hydrogen-bond acceptors (Lipinski definition) is 4. The summed E-state index contributed by atoms with van der Waals surface area (Å²) in [6, 6.07) is 0.290. The summed E-state index contributed by atoms with van der Waals surface area (Å²) in [6.45, 7) is 4.95. The van der Waals surface area contributed by atoms with Crippen LogP contribution in [0.4, 0.5) is 0 Å². The molecular formula is C10H22N2O2S. The first kappa shape index (κ1) is 12.9. The van der Waals surface area contributed by atoms with E-state index >= 15 is 0 Å². The highest BCUT2D eigenvalue weighted by molar-refractivity contribution is 7.91. The van der Waals surface area contributed by atoms with Gasteiger partial charge < -0.3 is 10.6 Å². The van der Waals surface area contributed by atoms with Crippen molar-refractivity contribution in [2.45, 2.75) is 32.4 Å². The molecule has 1 saturated heterocycles. The second-order valence-corrected chi connectivity index (χ2v) is 7.13. The normalized spacial score (nSPS) is 27.5. The van der Waals surface area contributed by atoms with Crippen molar-refractivity contribution in [2.24, 2.45) is 11.7 Å². The van der Waals surface area contributed by atoms with Gasteiger partial charge in [-0.3, -0.25) is 0 Å². The molecule has 0 aliphatic carbocycles. The minimum absolute atomic E-state index is 0.123. The Labute approximate surface area is 92.7 Å². The maximum absolute atomic E-state index is 11.3. The smallest absolute Gasteiger partial charge is 0.151 e. The molecule has 0 aromatic heterocycles. The van der Waals surface area contributed by atoms with Crippen LogP contribution in [0.25, 0.3) is 0 Å². The van der Waals surface area contributed by atoms with E-state index in [0.717, 1.165) is 13.0 Å². The van der Waals surface area contributed by atoms with Crippen molar-refractivity contribution in [3.05, 3.63) is 0 Å². The molecule has 2 N–H and O–H groups in total. The number of hydrogen-bond donors (Lipinski definition) is 1. The number of sulfone groups is 1. The van der Waals surface area contributed by atoms with Crippen LogP contribution in [0.3, 0.4) is 0 Å². The molecule has 1 heterocycles. The summed E-state index contributed by atoms with van der Waals surface area (Å²) < 4.78 is 22.6. The largest absolute Gasteiger partial charge is 0.326 e. The van der Waals surface area contributed by atoms with Gasteiger partial charge in [0.25, 0.3) is 0 Å². The van der Waals surface area contributed by atoms with Crippen molar-refractivity contribution in [1.82, 2.24) is 4.90 Å². The first-order valence-electron chi connectivity index (χ1n) is 5.48. The molecule has 1 rings (SSSR count). The van der Waals surface area contributed by atoms with Gasteiger partial charge in [-0.05, 0) is 19.4 Å². The molecule has 15 heavy (non-hydrogen) atoms. The Morgan fingerprint density at radius 1 is 1.47 bits per heavy atom. The number of rotatable bonds is 4. The minimum Gasteiger partial charge on any atom is -0.326 e. The van der Waals surface area contributed by atoms with Gasteiger partial charge in [-0.2, -0.15) is 0 Å². The van der Waals surface area contributed by atoms with Gasteiger partial charge in [0.1, 0.15) is 0 Å². The fourth-order valence-corrected chi connectivity index (χ4v) is 3.62. The first-order chi connectivity index (χ1) is 6.82. The summed E-state index contributed by atoms with van der Waals surface area (Å²) in [6.07, 6.45) is 0.754. The van der Waals surface area contributed by atoms with Crippen molar-refractivity contribution >= 4 is 9.84 Å². The van der Waals surface area contributed by atoms with E-state index in [1.165, 1.54) is 0 Å². The first-order valence-corrected chi connectivity index (χ1v) is 7.30. The van der Waals surface area contributed by atoms with Crippen molar-refractivity contribution < 1.29 is 8.42 Å². The van der Waals surface area contributed by atoms with E-state index in [1.54, 1.807) is 0 Å². The van der Waals surface area contributed by atoms with Crippen LogP contribution in [-0.2, 0) is 9.84 Å². The molecule has 2 atom stereocenters. The minimum atomic E-state index is -2.78. The summed E-state index contributed by atoms with van der Waals surface area (Å²) >= 11 is 0. The highest BCUT2D eigenvalue weighted by atomic mass is 32.2. The summed E-state index contributed by atoms with van der Waals surface area (Å²) in [5, 5.41) is 0. The van der Waals surface area contributed by atoms with Crippen molar-refractivity contribution in [3.63, 3.8) is 0 Å². The van der Waals surface area contributed by atoms with E-state index in [0.29, 0.717) is 17.4 Å². The molecule has 0 bridgehead atoms. The predicted molar refractivity (Wildman–Crippen MR) is 62.5 cm³/mol. The molecule has 0 radical (unpaired) electrons. The molecule has 0 aromatic carbocycles. The average molecular weight is 234 g/mol. The van der Waals surface area contributed by atoms with Gasteiger partial charge in [0.15, 0.2) is 9.84 Å². The third kappa shape index (κ3) is 3.74. The zero-order chi connectivity index (χ0) is 11.6. The summed E-state index contributed by atoms with van der Waals surface area (Å²) in [4.78, 5) is 2.09. The van der Waals surface area contributed by atoms with Crippen LogP contribution in [0, 0.1) is 5.92 Å². The third-order valence-corrected chi connectivity index (χ3v) is 4.94. The van der Waals surface area contributed by atoms with Gasteiger partial charge in [-0.15, -0.1) is 0 Å². The average Bonchev–Trinajstić information content (AvgIpc) is 2.45. The Kier molecular flexibility index (Phi) is 4.14. The van der Waals surface area contributed by atoms with Crippen LogP contribution < -0.4 is 5.73 Å². The van der Waals surface area contributed by atoms with Crippen LogP contribution in [0.2, 0.25) is 0 Å². The molecule has 2 unspecified atom stereocenters. The lowest BCUT2D eigenvalue weighted by Gasteiger charge is -2.27. The highest BCUT2D eigenvalue weighted by Gasteiger charge is 2.31. The summed E-state index contributed by atoms with van der Waals surface area (Å²) in [5.41, 5.74) is 5.96. The van der Waals surface area contributed by atoms with Gasteiger partial charge >= 0.3 is 0 Å². The summed E-state index contributed by atoms with van der Waals surface area (Å²) in [7, 11) is -0.813. The lowest BCUT2D eigenvalue weighted by Crippen LogP contribution is -2.43. The van der Waals surface area contributed by atoms with Crippen LogP contribution in [0.15, 0.2) is 0 Å². The van der Waals surface area contributed by atoms with Crippen molar-refractivity contribution in [1.29, 1.82) is 0 Å². The second-order valence-electron chi connectivity index (χ2n) is 4.90. The Hall–Kier alpha value is -0.130. The third-order valence-electron chi connectivity index (χ3n) is 3.19. The topological polar surface area (TPSA) is 63.4 Å². The second kappa shape index (κ2) is 4.80. The van der Waals surface area contributed by atoms with Gasteiger partial charge in [-0.25, -0.2) is 8.42 Å². The fraction of sp³-hybridized carbons (Fsp3) is 1.00. The number of nitrogens with zero attached hydrogens (tertiary/aromatic N) is 1. The van der Waals surface area contributed by atoms with E-state index in [4.69, 9.17) is 5.73 Å². The molecule has 0 spiro atoms. The molecule has 1 fully saturated rings. The lowest BCUT2D eigenvalue weighted by molar-refractivity contribution is 0.229. The molecule has 0 aromatic rings. The maximum atomic E-state index is 11.3. The Morgan fingerprint density at radius 2 is 2.07 bits per heavy atom. The standard InChI is InChI=1S/C10H22N2O2S/c1-8(2)10(11)6-12(3)9-4-5-15(13,14)7-9/h8-10H,4-7,11H2,1-3H3. The van der Waals surface area contributed by atoms with Crippen molar-refractivity contribution in [3.8, 4) is 0 Å². The van der Waals surface area contributed by atoms with Crippen LogP contribution in [0.1, 0.15) is 20.3 Å². The molecule has 0 amide bonds. The van der Waals surface area contributed by atoms with Gasteiger partial charge in [0.2, 0.25) is 0 Å². The zero-order valence-electron chi connectivity index (χ0n) is 9.81. The fourth-order valence-electron chi connectivity index (χ4n) is 1.82. The predicted octanol–water partition coefficient (Wildman–Crippen LogP) is 0.0886. The van der Waals surface area contributed by atoms with Gasteiger partial charge in [0, 0.05) is 18.6 Å². The van der Waals surface area contributed by atoms with E-state index in [2.05, 4.69) is 18.7 Å². The Balaban J connectivity index is 2.45. The number of nitrogens with two attached hydrogens (primary N) is 1. The highest BCUT2D eigenvalue weighted by Crippen LogP contribution is 2.17. The van der Waals surface area contributed by atoms with E-state index in [1.807, 2.05) is 7.05 Å². The SMILES string of the molecule is CC(C)C(N)CN(C)C1CCS(=O)(=O)C1. The Morgan fingerprint density at radius 3 is 2.47 bits per heavy atom. The Bertz CT molecular complexity index is 301. The van der Waals surface area contributed by atoms with E-state index < -0.39 is 9.84 Å². The van der Waals surface area contributed by atoms with Gasteiger partial charge in [0.05, 0.1) is 11.5 Å². The van der Waals surface area contributed by atoms with E-state index in [9.17, 15) is 8.42 Å². The van der Waals surface area contributed by atoms with Gasteiger partial charge in [-0.1, -0.05) is 13.8 Å². The molecule has 4 nitrogen and oxygen atoms in total. The van der Waals surface area contributed by atoms with Crippen LogP contribution >= 0.6 is 0 Å². The molecule has 1 aliphatic heterocycles. The van der Waals surface area contributed by atoms with Crippen molar-refractivity contribution in [2.75, 3.05) is 25.1 Å². The molecular weight excluding hydrogens is 212 g/mol. The quantitative estimate of drug-likeness (QED) is 0.749.